The normalized spacial score (nSPS) is 10.5. The molecule has 1 aromatic heterocycles. The predicted octanol–water partition coefficient (Wildman–Crippen LogP) is 2.62. The SMILES string of the molecule is Cc1nn(C)c(C)c1NC(=O)COC(=O)c1ccc(F)cc1Cl. The number of esters is 1. The van der Waals surface area contributed by atoms with Crippen LogP contribution < -0.4 is 5.32 Å². The Balaban J connectivity index is 1.97. The van der Waals surface area contributed by atoms with Gasteiger partial charge in [0.05, 0.1) is 27.7 Å². The fourth-order valence-electron chi connectivity index (χ4n) is 1.99. The van der Waals surface area contributed by atoms with E-state index in [1.54, 1.807) is 25.6 Å². The molecule has 23 heavy (non-hydrogen) atoms. The van der Waals surface area contributed by atoms with E-state index in [2.05, 4.69) is 10.4 Å². The van der Waals surface area contributed by atoms with Gasteiger partial charge in [-0.1, -0.05) is 11.6 Å². The summed E-state index contributed by atoms with van der Waals surface area (Å²) in [5.41, 5.74) is 2.01. The number of carbonyl (C=O) groups is 2. The van der Waals surface area contributed by atoms with E-state index >= 15 is 0 Å². The fraction of sp³-hybridized carbons (Fsp3) is 0.267. The number of ether oxygens (including phenoxy) is 1. The number of carbonyl (C=O) groups excluding carboxylic acids is 2. The molecule has 2 aromatic rings. The number of aromatic nitrogens is 2. The smallest absolute Gasteiger partial charge is 0.340 e. The van der Waals surface area contributed by atoms with Crippen LogP contribution in [0.4, 0.5) is 10.1 Å². The number of hydrogen-bond donors (Lipinski definition) is 1. The summed E-state index contributed by atoms with van der Waals surface area (Å²) in [6, 6.07) is 3.29. The van der Waals surface area contributed by atoms with Crippen molar-refractivity contribution in [3.05, 3.63) is 46.0 Å². The van der Waals surface area contributed by atoms with E-state index < -0.39 is 24.3 Å². The van der Waals surface area contributed by atoms with Gasteiger partial charge in [-0.2, -0.15) is 5.10 Å². The highest BCUT2D eigenvalue weighted by atomic mass is 35.5. The number of rotatable bonds is 4. The van der Waals surface area contributed by atoms with Crippen LogP contribution in [0.5, 0.6) is 0 Å². The molecular weight excluding hydrogens is 325 g/mol. The Morgan fingerprint density at radius 2 is 2.09 bits per heavy atom. The molecule has 0 saturated heterocycles. The summed E-state index contributed by atoms with van der Waals surface area (Å²) >= 11 is 5.76. The molecule has 0 saturated carbocycles. The van der Waals surface area contributed by atoms with Gasteiger partial charge < -0.3 is 10.1 Å². The lowest BCUT2D eigenvalue weighted by molar-refractivity contribution is -0.119. The monoisotopic (exact) mass is 339 g/mol. The first-order valence-electron chi connectivity index (χ1n) is 6.72. The maximum Gasteiger partial charge on any atom is 0.340 e. The van der Waals surface area contributed by atoms with Gasteiger partial charge in [-0.05, 0) is 32.0 Å². The molecular formula is C15H15ClFN3O3. The van der Waals surface area contributed by atoms with Gasteiger partial charge >= 0.3 is 5.97 Å². The van der Waals surface area contributed by atoms with Crippen LogP contribution in [0, 0.1) is 19.7 Å². The lowest BCUT2D eigenvalue weighted by atomic mass is 10.2. The minimum Gasteiger partial charge on any atom is -0.452 e. The molecule has 0 aliphatic rings. The quantitative estimate of drug-likeness (QED) is 0.869. The summed E-state index contributed by atoms with van der Waals surface area (Å²) in [7, 11) is 1.76. The van der Waals surface area contributed by atoms with Gasteiger partial charge in [0.1, 0.15) is 5.82 Å². The van der Waals surface area contributed by atoms with Crippen LogP contribution in [0.15, 0.2) is 18.2 Å². The second-order valence-electron chi connectivity index (χ2n) is 4.92. The summed E-state index contributed by atoms with van der Waals surface area (Å²) < 4.78 is 19.5. The number of halogens is 2. The molecule has 8 heteroatoms. The van der Waals surface area contributed by atoms with Crippen LogP contribution in [0.1, 0.15) is 21.7 Å². The van der Waals surface area contributed by atoms with Gasteiger partial charge in [-0.3, -0.25) is 9.48 Å². The van der Waals surface area contributed by atoms with E-state index in [0.29, 0.717) is 11.4 Å². The minimum atomic E-state index is -0.801. The number of anilines is 1. The third kappa shape index (κ3) is 3.87. The van der Waals surface area contributed by atoms with Crippen LogP contribution in [-0.4, -0.2) is 28.3 Å². The van der Waals surface area contributed by atoms with E-state index in [4.69, 9.17) is 16.3 Å². The molecule has 0 unspecified atom stereocenters. The predicted molar refractivity (Wildman–Crippen MR) is 83.0 cm³/mol. The second kappa shape index (κ2) is 6.78. The molecule has 1 aromatic carbocycles. The first-order chi connectivity index (χ1) is 10.8. The summed E-state index contributed by atoms with van der Waals surface area (Å²) in [4.78, 5) is 23.7. The summed E-state index contributed by atoms with van der Waals surface area (Å²) in [6.45, 7) is 3.08. The van der Waals surface area contributed by atoms with E-state index in [9.17, 15) is 14.0 Å². The molecule has 2 rings (SSSR count). The molecule has 122 valence electrons. The number of aryl methyl sites for hydroxylation is 2. The zero-order valence-electron chi connectivity index (χ0n) is 12.8. The van der Waals surface area contributed by atoms with Gasteiger partial charge in [-0.15, -0.1) is 0 Å². The molecule has 0 atom stereocenters. The van der Waals surface area contributed by atoms with Crippen LogP contribution in [0.2, 0.25) is 5.02 Å². The molecule has 0 spiro atoms. The lowest BCUT2D eigenvalue weighted by Gasteiger charge is -2.08. The highest BCUT2D eigenvalue weighted by Gasteiger charge is 2.16. The molecule has 1 N–H and O–H groups in total. The highest BCUT2D eigenvalue weighted by Crippen LogP contribution is 2.19. The standard InChI is InChI=1S/C15H15ClFN3O3/c1-8-14(9(2)20(3)19-8)18-13(21)7-23-15(22)11-5-4-10(17)6-12(11)16/h4-6H,7H2,1-3H3,(H,18,21). The van der Waals surface area contributed by atoms with Crippen molar-refractivity contribution in [3.8, 4) is 0 Å². The fourth-order valence-corrected chi connectivity index (χ4v) is 2.24. The Morgan fingerprint density at radius 3 is 2.65 bits per heavy atom. The van der Waals surface area contributed by atoms with Crippen LogP contribution in [0.25, 0.3) is 0 Å². The Labute approximate surface area is 137 Å². The number of nitrogens with zero attached hydrogens (tertiary/aromatic N) is 2. The van der Waals surface area contributed by atoms with Crippen molar-refractivity contribution in [1.82, 2.24) is 9.78 Å². The Morgan fingerprint density at radius 1 is 1.39 bits per heavy atom. The number of benzene rings is 1. The van der Waals surface area contributed by atoms with Gasteiger partial charge in [0.25, 0.3) is 5.91 Å². The first-order valence-corrected chi connectivity index (χ1v) is 7.09. The molecule has 0 radical (unpaired) electrons. The summed E-state index contributed by atoms with van der Waals surface area (Å²) in [5.74, 6) is -1.87. The Bertz CT molecular complexity index is 774. The third-order valence-electron chi connectivity index (χ3n) is 3.26. The van der Waals surface area contributed by atoms with Gasteiger partial charge in [0.15, 0.2) is 6.61 Å². The zero-order chi connectivity index (χ0) is 17.1. The van der Waals surface area contributed by atoms with Gasteiger partial charge in [0.2, 0.25) is 0 Å². The van der Waals surface area contributed by atoms with Crippen molar-refractivity contribution >= 4 is 29.2 Å². The highest BCUT2D eigenvalue weighted by molar-refractivity contribution is 6.33. The van der Waals surface area contributed by atoms with Crippen molar-refractivity contribution in [2.45, 2.75) is 13.8 Å². The molecule has 1 heterocycles. The molecule has 1 amide bonds. The lowest BCUT2D eigenvalue weighted by Crippen LogP contribution is -2.21. The molecule has 0 aliphatic carbocycles. The van der Waals surface area contributed by atoms with E-state index in [1.807, 2.05) is 0 Å². The average Bonchev–Trinajstić information content (AvgIpc) is 2.71. The van der Waals surface area contributed by atoms with Crippen LogP contribution in [-0.2, 0) is 16.6 Å². The van der Waals surface area contributed by atoms with Crippen molar-refractivity contribution in [2.75, 3.05) is 11.9 Å². The van der Waals surface area contributed by atoms with Crippen molar-refractivity contribution in [2.24, 2.45) is 7.05 Å². The largest absolute Gasteiger partial charge is 0.452 e. The van der Waals surface area contributed by atoms with Gasteiger partial charge in [-0.25, -0.2) is 9.18 Å². The minimum absolute atomic E-state index is 0.00499. The van der Waals surface area contributed by atoms with Crippen molar-refractivity contribution < 1.29 is 18.7 Å². The first kappa shape index (κ1) is 17.0. The third-order valence-corrected chi connectivity index (χ3v) is 3.57. The number of hydrogen-bond acceptors (Lipinski definition) is 4. The Kier molecular flexibility index (Phi) is 5.00. The number of nitrogens with one attached hydrogen (secondary N) is 1. The van der Waals surface area contributed by atoms with E-state index in [1.165, 1.54) is 6.07 Å². The number of amides is 1. The summed E-state index contributed by atoms with van der Waals surface area (Å²) in [5, 5.41) is 6.73. The van der Waals surface area contributed by atoms with E-state index in [-0.39, 0.29) is 10.6 Å². The van der Waals surface area contributed by atoms with Crippen molar-refractivity contribution in [3.63, 3.8) is 0 Å². The molecule has 0 bridgehead atoms. The molecule has 0 aliphatic heterocycles. The maximum absolute atomic E-state index is 12.9. The van der Waals surface area contributed by atoms with Crippen molar-refractivity contribution in [1.29, 1.82) is 0 Å². The second-order valence-corrected chi connectivity index (χ2v) is 5.33. The van der Waals surface area contributed by atoms with Crippen LogP contribution in [0.3, 0.4) is 0 Å². The van der Waals surface area contributed by atoms with Crippen LogP contribution >= 0.6 is 11.6 Å². The Hall–Kier alpha value is -2.41. The van der Waals surface area contributed by atoms with E-state index in [0.717, 1.165) is 17.8 Å². The maximum atomic E-state index is 12.9. The summed E-state index contributed by atoms with van der Waals surface area (Å²) in [6.07, 6.45) is 0. The zero-order valence-corrected chi connectivity index (χ0v) is 13.6. The average molecular weight is 340 g/mol. The van der Waals surface area contributed by atoms with Gasteiger partial charge in [0, 0.05) is 7.05 Å². The molecule has 6 nitrogen and oxygen atoms in total. The topological polar surface area (TPSA) is 73.2 Å². The molecule has 0 fully saturated rings.